The van der Waals surface area contributed by atoms with Crippen molar-refractivity contribution in [3.63, 3.8) is 0 Å². The van der Waals surface area contributed by atoms with Crippen LogP contribution in [0, 0.1) is 6.92 Å². The van der Waals surface area contributed by atoms with Crippen LogP contribution < -0.4 is 5.32 Å². The van der Waals surface area contributed by atoms with Crippen LogP contribution in [0.2, 0.25) is 0 Å². The molecule has 2 aromatic rings. The number of aryl methyl sites for hydroxylation is 1. The SMILES string of the molecule is CNC(C)c1ccccc1Sc1nc(C)ns1. The van der Waals surface area contributed by atoms with Gasteiger partial charge in [0.25, 0.3) is 0 Å². The maximum absolute atomic E-state index is 4.38. The smallest absolute Gasteiger partial charge is 0.174 e. The molecule has 0 saturated carbocycles. The van der Waals surface area contributed by atoms with Crippen LogP contribution in [0.15, 0.2) is 33.5 Å². The molecule has 0 bridgehead atoms. The minimum atomic E-state index is 0.340. The van der Waals surface area contributed by atoms with Gasteiger partial charge in [-0.25, -0.2) is 4.98 Å². The quantitative estimate of drug-likeness (QED) is 0.920. The Morgan fingerprint density at radius 2 is 2.12 bits per heavy atom. The monoisotopic (exact) mass is 265 g/mol. The fourth-order valence-electron chi connectivity index (χ4n) is 1.50. The van der Waals surface area contributed by atoms with Crippen LogP contribution in [0.4, 0.5) is 0 Å². The molecule has 1 unspecified atom stereocenters. The summed E-state index contributed by atoms with van der Waals surface area (Å²) in [4.78, 5) is 5.62. The Labute approximate surface area is 110 Å². The predicted octanol–water partition coefficient (Wildman–Crippen LogP) is 3.28. The van der Waals surface area contributed by atoms with Crippen molar-refractivity contribution >= 4 is 23.3 Å². The summed E-state index contributed by atoms with van der Waals surface area (Å²) in [5, 5.41) is 3.27. The van der Waals surface area contributed by atoms with Crippen LogP contribution in [0.1, 0.15) is 24.4 Å². The van der Waals surface area contributed by atoms with E-state index in [-0.39, 0.29) is 0 Å². The number of hydrogen-bond donors (Lipinski definition) is 1. The highest BCUT2D eigenvalue weighted by Gasteiger charge is 2.11. The van der Waals surface area contributed by atoms with E-state index < -0.39 is 0 Å². The lowest BCUT2D eigenvalue weighted by Crippen LogP contribution is -2.12. The van der Waals surface area contributed by atoms with E-state index in [2.05, 4.69) is 45.9 Å². The van der Waals surface area contributed by atoms with Gasteiger partial charge in [0, 0.05) is 10.9 Å². The zero-order chi connectivity index (χ0) is 12.3. The summed E-state index contributed by atoms with van der Waals surface area (Å²) in [7, 11) is 1.97. The van der Waals surface area contributed by atoms with Crippen molar-refractivity contribution in [1.29, 1.82) is 0 Å². The van der Waals surface area contributed by atoms with Crippen LogP contribution in [-0.4, -0.2) is 16.4 Å². The third-order valence-electron chi connectivity index (χ3n) is 2.52. The molecule has 0 spiro atoms. The van der Waals surface area contributed by atoms with Crippen molar-refractivity contribution in [2.45, 2.75) is 29.1 Å². The van der Waals surface area contributed by atoms with Crippen molar-refractivity contribution in [3.8, 4) is 0 Å². The van der Waals surface area contributed by atoms with Gasteiger partial charge in [0.1, 0.15) is 5.82 Å². The summed E-state index contributed by atoms with van der Waals surface area (Å²) >= 11 is 3.14. The molecule has 1 heterocycles. The molecule has 1 N–H and O–H groups in total. The van der Waals surface area contributed by atoms with Gasteiger partial charge in [-0.15, -0.1) is 0 Å². The normalized spacial score (nSPS) is 12.6. The van der Waals surface area contributed by atoms with Gasteiger partial charge in [0.15, 0.2) is 4.34 Å². The Morgan fingerprint density at radius 3 is 2.76 bits per heavy atom. The van der Waals surface area contributed by atoms with Gasteiger partial charge in [0.2, 0.25) is 0 Å². The first-order chi connectivity index (χ1) is 8.20. The molecule has 90 valence electrons. The molecule has 0 aliphatic heterocycles. The summed E-state index contributed by atoms with van der Waals surface area (Å²) in [6, 6.07) is 8.75. The second-order valence-corrected chi connectivity index (χ2v) is 5.80. The maximum atomic E-state index is 4.38. The standard InChI is InChI=1S/C12H15N3S2/c1-8(13-3)10-6-4-5-7-11(10)16-12-14-9(2)15-17-12/h4-8,13H,1-3H3. The van der Waals surface area contributed by atoms with Gasteiger partial charge in [-0.05, 0) is 44.1 Å². The van der Waals surface area contributed by atoms with E-state index in [4.69, 9.17) is 0 Å². The van der Waals surface area contributed by atoms with Crippen molar-refractivity contribution in [1.82, 2.24) is 14.7 Å². The van der Waals surface area contributed by atoms with Crippen LogP contribution in [0.3, 0.4) is 0 Å². The van der Waals surface area contributed by atoms with E-state index in [0.29, 0.717) is 6.04 Å². The minimum absolute atomic E-state index is 0.340. The Balaban J connectivity index is 2.26. The van der Waals surface area contributed by atoms with Gasteiger partial charge in [-0.2, -0.15) is 4.37 Å². The first-order valence-corrected chi connectivity index (χ1v) is 7.04. The van der Waals surface area contributed by atoms with Gasteiger partial charge < -0.3 is 5.32 Å². The average Bonchev–Trinajstić information content (AvgIpc) is 2.74. The van der Waals surface area contributed by atoms with E-state index in [1.165, 1.54) is 22.0 Å². The average molecular weight is 265 g/mol. The molecule has 0 aliphatic rings. The number of aromatic nitrogens is 2. The lowest BCUT2D eigenvalue weighted by atomic mass is 10.1. The minimum Gasteiger partial charge on any atom is -0.313 e. The lowest BCUT2D eigenvalue weighted by Gasteiger charge is -2.14. The van der Waals surface area contributed by atoms with Gasteiger partial charge >= 0.3 is 0 Å². The number of rotatable bonds is 4. The highest BCUT2D eigenvalue weighted by molar-refractivity contribution is 8.01. The summed E-state index contributed by atoms with van der Waals surface area (Å²) in [6.07, 6.45) is 0. The molecule has 0 amide bonds. The second kappa shape index (κ2) is 5.62. The first kappa shape index (κ1) is 12.5. The number of nitrogens with zero attached hydrogens (tertiary/aromatic N) is 2. The van der Waals surface area contributed by atoms with E-state index in [1.54, 1.807) is 11.8 Å². The Morgan fingerprint density at radius 1 is 1.35 bits per heavy atom. The fraction of sp³-hybridized carbons (Fsp3) is 0.333. The van der Waals surface area contributed by atoms with Crippen LogP contribution in [0.25, 0.3) is 0 Å². The highest BCUT2D eigenvalue weighted by Crippen LogP contribution is 2.33. The van der Waals surface area contributed by atoms with Crippen molar-refractivity contribution in [2.75, 3.05) is 7.05 Å². The molecule has 1 aromatic heterocycles. The third-order valence-corrected chi connectivity index (χ3v) is 4.46. The first-order valence-electron chi connectivity index (χ1n) is 5.45. The predicted molar refractivity (Wildman–Crippen MR) is 72.7 cm³/mol. The van der Waals surface area contributed by atoms with Crippen LogP contribution >= 0.6 is 23.3 Å². The summed E-state index contributed by atoms with van der Waals surface area (Å²) in [5.74, 6) is 0.844. The van der Waals surface area contributed by atoms with Gasteiger partial charge in [-0.3, -0.25) is 0 Å². The van der Waals surface area contributed by atoms with Crippen molar-refractivity contribution in [2.24, 2.45) is 0 Å². The number of hydrogen-bond acceptors (Lipinski definition) is 5. The lowest BCUT2D eigenvalue weighted by molar-refractivity contribution is 0.641. The zero-order valence-corrected chi connectivity index (χ0v) is 11.7. The molecule has 0 fully saturated rings. The largest absolute Gasteiger partial charge is 0.313 e. The topological polar surface area (TPSA) is 37.8 Å². The van der Waals surface area contributed by atoms with Crippen molar-refractivity contribution < 1.29 is 0 Å². The zero-order valence-electron chi connectivity index (χ0n) is 10.1. The summed E-state index contributed by atoms with van der Waals surface area (Å²) in [5.41, 5.74) is 1.30. The Bertz CT molecular complexity index is 496. The second-order valence-electron chi connectivity index (χ2n) is 3.76. The van der Waals surface area contributed by atoms with Crippen molar-refractivity contribution in [3.05, 3.63) is 35.7 Å². The Hall–Kier alpha value is -0.910. The van der Waals surface area contributed by atoms with E-state index in [1.807, 2.05) is 14.0 Å². The van der Waals surface area contributed by atoms with Crippen LogP contribution in [0.5, 0.6) is 0 Å². The third kappa shape index (κ3) is 3.06. The van der Waals surface area contributed by atoms with Gasteiger partial charge in [-0.1, -0.05) is 30.0 Å². The van der Waals surface area contributed by atoms with Gasteiger partial charge in [0.05, 0.1) is 0 Å². The molecule has 5 heteroatoms. The molecule has 1 atom stereocenters. The molecule has 0 radical (unpaired) electrons. The molecular formula is C12H15N3S2. The molecule has 17 heavy (non-hydrogen) atoms. The number of nitrogens with one attached hydrogen (secondary N) is 1. The number of benzene rings is 1. The Kier molecular flexibility index (Phi) is 4.15. The molecule has 1 aromatic carbocycles. The maximum Gasteiger partial charge on any atom is 0.174 e. The molecule has 0 aliphatic carbocycles. The molecule has 0 saturated heterocycles. The van der Waals surface area contributed by atoms with E-state index in [9.17, 15) is 0 Å². The summed E-state index contributed by atoms with van der Waals surface area (Å²) in [6.45, 7) is 4.08. The fourth-order valence-corrected chi connectivity index (χ4v) is 3.33. The highest BCUT2D eigenvalue weighted by atomic mass is 32.2. The van der Waals surface area contributed by atoms with E-state index in [0.717, 1.165) is 10.2 Å². The van der Waals surface area contributed by atoms with E-state index >= 15 is 0 Å². The summed E-state index contributed by atoms with van der Waals surface area (Å²) < 4.78 is 5.20. The molecular weight excluding hydrogens is 250 g/mol. The molecule has 2 rings (SSSR count). The molecule has 3 nitrogen and oxygen atoms in total. The van der Waals surface area contributed by atoms with Crippen LogP contribution in [-0.2, 0) is 0 Å².